The van der Waals surface area contributed by atoms with E-state index >= 15 is 0 Å². The first kappa shape index (κ1) is 16.2. The summed E-state index contributed by atoms with van der Waals surface area (Å²) in [6.45, 7) is 3.33. The molecule has 1 aromatic carbocycles. The van der Waals surface area contributed by atoms with Crippen molar-refractivity contribution < 1.29 is 20.0 Å². The lowest BCUT2D eigenvalue weighted by Crippen LogP contribution is -2.02. The molecule has 1 heterocycles. The van der Waals surface area contributed by atoms with Crippen LogP contribution in [-0.4, -0.2) is 25.8 Å². The van der Waals surface area contributed by atoms with Gasteiger partial charge in [-0.25, -0.2) is 4.98 Å². The molecule has 0 bridgehead atoms. The third-order valence-electron chi connectivity index (χ3n) is 3.06. The summed E-state index contributed by atoms with van der Waals surface area (Å²) in [5.74, 6) is -0.262. The number of benzene rings is 1. The van der Waals surface area contributed by atoms with Gasteiger partial charge in [0.2, 0.25) is 0 Å². The van der Waals surface area contributed by atoms with Crippen LogP contribution in [0.15, 0.2) is 35.5 Å². The summed E-state index contributed by atoms with van der Waals surface area (Å²) in [4.78, 5) is 19.3. The van der Waals surface area contributed by atoms with Gasteiger partial charge in [-0.05, 0) is 32.0 Å². The first-order valence-electron chi connectivity index (χ1n) is 6.68. The Morgan fingerprint density at radius 1 is 1.30 bits per heavy atom. The number of non-ortho nitro benzene ring substituents is 1. The van der Waals surface area contributed by atoms with E-state index in [4.69, 9.17) is 4.84 Å². The zero-order valence-corrected chi connectivity index (χ0v) is 12.6. The van der Waals surface area contributed by atoms with Gasteiger partial charge < -0.3 is 15.1 Å². The van der Waals surface area contributed by atoms with Crippen LogP contribution in [0.1, 0.15) is 23.9 Å². The molecule has 2 N–H and O–H groups in total. The summed E-state index contributed by atoms with van der Waals surface area (Å²) in [6.07, 6.45) is 0. The predicted molar refractivity (Wildman–Crippen MR) is 82.4 cm³/mol. The molecule has 0 spiro atoms. The van der Waals surface area contributed by atoms with E-state index in [2.05, 4.69) is 10.1 Å². The molecule has 2 rings (SSSR count). The lowest BCUT2D eigenvalue weighted by molar-refractivity contribution is -0.385. The lowest BCUT2D eigenvalue weighted by Gasteiger charge is -2.06. The van der Waals surface area contributed by atoms with E-state index in [1.165, 1.54) is 18.2 Å². The third-order valence-corrected chi connectivity index (χ3v) is 3.06. The number of aromatic hydroxyl groups is 2. The third kappa shape index (κ3) is 3.94. The molecular weight excluding hydrogens is 302 g/mol. The number of oxime groups is 1. The van der Waals surface area contributed by atoms with Crippen molar-refractivity contribution in [2.24, 2.45) is 5.16 Å². The molecule has 0 amide bonds. The Kier molecular flexibility index (Phi) is 4.75. The fraction of sp³-hybridized carbons (Fsp3) is 0.200. The van der Waals surface area contributed by atoms with Crippen molar-refractivity contribution in [1.29, 1.82) is 0 Å². The molecule has 0 unspecified atom stereocenters. The summed E-state index contributed by atoms with van der Waals surface area (Å²) in [5.41, 5.74) is 1.54. The van der Waals surface area contributed by atoms with Crippen molar-refractivity contribution >= 4 is 11.4 Å². The molecule has 0 fully saturated rings. The summed E-state index contributed by atoms with van der Waals surface area (Å²) in [5, 5.41) is 33.9. The fourth-order valence-corrected chi connectivity index (χ4v) is 1.85. The topological polar surface area (TPSA) is 118 Å². The molecule has 120 valence electrons. The van der Waals surface area contributed by atoms with E-state index in [1.807, 2.05) is 0 Å². The van der Waals surface area contributed by atoms with Crippen molar-refractivity contribution in [3.63, 3.8) is 0 Å². The Labute approximate surface area is 131 Å². The van der Waals surface area contributed by atoms with Crippen molar-refractivity contribution in [3.05, 3.63) is 57.4 Å². The van der Waals surface area contributed by atoms with Crippen LogP contribution in [0.4, 0.5) is 5.69 Å². The number of nitro benzene ring substituents is 1. The molecule has 0 aliphatic carbocycles. The maximum atomic E-state index is 10.6. The highest BCUT2D eigenvalue weighted by Crippen LogP contribution is 2.24. The van der Waals surface area contributed by atoms with Gasteiger partial charge in [0.25, 0.3) is 5.69 Å². The molecule has 0 saturated carbocycles. The molecule has 0 radical (unpaired) electrons. The minimum Gasteiger partial charge on any atom is -0.507 e. The van der Waals surface area contributed by atoms with Crippen LogP contribution in [0, 0.1) is 17.0 Å². The number of hydrogen-bond donors (Lipinski definition) is 2. The van der Waals surface area contributed by atoms with Gasteiger partial charge in [-0.3, -0.25) is 10.1 Å². The number of nitrogens with zero attached hydrogens (tertiary/aromatic N) is 3. The van der Waals surface area contributed by atoms with E-state index in [-0.39, 0.29) is 23.8 Å². The number of hydrogen-bond acceptors (Lipinski definition) is 7. The first-order chi connectivity index (χ1) is 10.9. The second-order valence-electron chi connectivity index (χ2n) is 4.84. The maximum absolute atomic E-state index is 10.6. The summed E-state index contributed by atoms with van der Waals surface area (Å²) < 4.78 is 0. The molecule has 0 aliphatic rings. The number of aryl methyl sites for hydroxylation is 1. The van der Waals surface area contributed by atoms with Gasteiger partial charge in [0.15, 0.2) is 0 Å². The number of phenolic OH excluding ortho intramolecular Hbond substituents is 1. The zero-order chi connectivity index (χ0) is 17.0. The van der Waals surface area contributed by atoms with Crippen LogP contribution >= 0.6 is 0 Å². The van der Waals surface area contributed by atoms with Gasteiger partial charge in [-0.2, -0.15) is 0 Å². The van der Waals surface area contributed by atoms with Crippen LogP contribution in [0.25, 0.3) is 0 Å². The van der Waals surface area contributed by atoms with Crippen LogP contribution in [0.2, 0.25) is 0 Å². The SMILES string of the molecule is CC(=NOCc1ccc([N+](=O)[O-])cc1O)c1nc(C)ccc1O. The minimum absolute atomic E-state index is 0.0152. The van der Waals surface area contributed by atoms with Crippen LogP contribution < -0.4 is 0 Å². The van der Waals surface area contributed by atoms with Crippen molar-refractivity contribution in [1.82, 2.24) is 4.98 Å². The average Bonchev–Trinajstić information content (AvgIpc) is 2.50. The summed E-state index contributed by atoms with van der Waals surface area (Å²) in [7, 11) is 0. The smallest absolute Gasteiger partial charge is 0.273 e. The highest BCUT2D eigenvalue weighted by molar-refractivity contribution is 5.98. The Bertz CT molecular complexity index is 774. The van der Waals surface area contributed by atoms with E-state index in [1.54, 1.807) is 19.9 Å². The van der Waals surface area contributed by atoms with Crippen LogP contribution in [0.5, 0.6) is 11.5 Å². The Balaban J connectivity index is 2.09. The Morgan fingerprint density at radius 2 is 2.04 bits per heavy atom. The van der Waals surface area contributed by atoms with Gasteiger partial charge in [-0.1, -0.05) is 5.16 Å². The van der Waals surface area contributed by atoms with E-state index in [0.717, 1.165) is 11.8 Å². The predicted octanol–water partition coefficient (Wildman–Crippen LogP) is 2.65. The van der Waals surface area contributed by atoms with Crippen molar-refractivity contribution in [3.8, 4) is 11.5 Å². The second kappa shape index (κ2) is 6.73. The van der Waals surface area contributed by atoms with Gasteiger partial charge in [-0.15, -0.1) is 0 Å². The minimum atomic E-state index is -0.598. The first-order valence-corrected chi connectivity index (χ1v) is 6.68. The van der Waals surface area contributed by atoms with Crippen LogP contribution in [0.3, 0.4) is 0 Å². The van der Waals surface area contributed by atoms with Gasteiger partial charge in [0, 0.05) is 17.3 Å². The average molecular weight is 317 g/mol. The number of aromatic nitrogens is 1. The van der Waals surface area contributed by atoms with Crippen molar-refractivity contribution in [2.75, 3.05) is 0 Å². The number of nitro groups is 1. The van der Waals surface area contributed by atoms with E-state index < -0.39 is 4.92 Å². The monoisotopic (exact) mass is 317 g/mol. The highest BCUT2D eigenvalue weighted by atomic mass is 16.6. The largest absolute Gasteiger partial charge is 0.507 e. The van der Waals surface area contributed by atoms with E-state index in [9.17, 15) is 20.3 Å². The zero-order valence-electron chi connectivity index (χ0n) is 12.6. The Hall–Kier alpha value is -3.16. The van der Waals surface area contributed by atoms with Gasteiger partial charge in [0.1, 0.15) is 29.5 Å². The Morgan fingerprint density at radius 3 is 2.70 bits per heavy atom. The van der Waals surface area contributed by atoms with Gasteiger partial charge in [0.05, 0.1) is 11.0 Å². The molecule has 0 atom stereocenters. The molecular formula is C15H15N3O5. The summed E-state index contributed by atoms with van der Waals surface area (Å²) >= 11 is 0. The fourth-order valence-electron chi connectivity index (χ4n) is 1.85. The molecule has 8 nitrogen and oxygen atoms in total. The molecule has 1 aromatic heterocycles. The molecule has 0 aliphatic heterocycles. The number of rotatable bonds is 5. The molecule has 0 saturated heterocycles. The second-order valence-corrected chi connectivity index (χ2v) is 4.84. The number of phenols is 1. The quantitative estimate of drug-likeness (QED) is 0.497. The van der Waals surface area contributed by atoms with E-state index in [0.29, 0.717) is 17.0 Å². The van der Waals surface area contributed by atoms with Gasteiger partial charge >= 0.3 is 0 Å². The highest BCUT2D eigenvalue weighted by Gasteiger charge is 2.11. The van der Waals surface area contributed by atoms with Crippen LogP contribution in [-0.2, 0) is 11.4 Å². The molecule has 2 aromatic rings. The molecule has 23 heavy (non-hydrogen) atoms. The normalized spacial score (nSPS) is 11.3. The molecule has 8 heteroatoms. The lowest BCUT2D eigenvalue weighted by atomic mass is 10.2. The summed E-state index contributed by atoms with van der Waals surface area (Å²) in [6, 6.07) is 6.88. The maximum Gasteiger partial charge on any atom is 0.273 e. The number of pyridine rings is 1. The van der Waals surface area contributed by atoms with Crippen molar-refractivity contribution in [2.45, 2.75) is 20.5 Å². The standard InChI is InChI=1S/C15H15N3O5/c1-9-3-6-13(19)15(16-9)10(2)17-23-8-11-4-5-12(18(21)22)7-14(11)20/h3-7,19-20H,8H2,1-2H3.